The lowest BCUT2D eigenvalue weighted by atomic mass is 10.0. The molecule has 158 valence electrons. The Kier molecular flexibility index (Phi) is 24.5. The van der Waals surface area contributed by atoms with Crippen LogP contribution in [0.4, 0.5) is 0 Å². The van der Waals surface area contributed by atoms with E-state index in [2.05, 4.69) is 6.92 Å². The van der Waals surface area contributed by atoms with Crippen molar-refractivity contribution in [3.63, 3.8) is 0 Å². The van der Waals surface area contributed by atoms with Crippen LogP contribution in [-0.2, 0) is 9.53 Å². The van der Waals surface area contributed by atoms with E-state index in [1.807, 2.05) is 6.92 Å². The first kappa shape index (κ1) is 27.9. The molecule has 1 unspecified atom stereocenters. The van der Waals surface area contributed by atoms with Gasteiger partial charge >= 0.3 is 5.97 Å². The van der Waals surface area contributed by atoms with Crippen molar-refractivity contribution in [3.05, 3.63) is 0 Å². The van der Waals surface area contributed by atoms with Gasteiger partial charge in [-0.15, -0.1) is 12.4 Å². The van der Waals surface area contributed by atoms with Gasteiger partial charge in [-0.2, -0.15) is 0 Å². The molecule has 0 aromatic carbocycles. The number of halogens is 1. The van der Waals surface area contributed by atoms with E-state index in [-0.39, 0.29) is 24.4 Å². The van der Waals surface area contributed by atoms with Crippen molar-refractivity contribution >= 4 is 18.4 Å². The SMILES string of the molecule is CCCCCCCCCCCCCCCCCC(=O)OCC(N)CC.Cl. The maximum absolute atomic E-state index is 11.5. The van der Waals surface area contributed by atoms with Gasteiger partial charge in [0.2, 0.25) is 0 Å². The summed E-state index contributed by atoms with van der Waals surface area (Å²) in [5, 5.41) is 0. The smallest absolute Gasteiger partial charge is 0.305 e. The van der Waals surface area contributed by atoms with E-state index in [0.29, 0.717) is 13.0 Å². The molecule has 0 rings (SSSR count). The van der Waals surface area contributed by atoms with Gasteiger partial charge in [-0.1, -0.05) is 104 Å². The molecule has 0 aliphatic carbocycles. The minimum Gasteiger partial charge on any atom is -0.464 e. The van der Waals surface area contributed by atoms with Gasteiger partial charge in [0.05, 0.1) is 0 Å². The second-order valence-electron chi connectivity index (χ2n) is 7.55. The second-order valence-corrected chi connectivity index (χ2v) is 7.55. The molecule has 0 aromatic rings. The van der Waals surface area contributed by atoms with E-state index in [4.69, 9.17) is 10.5 Å². The number of carbonyl (C=O) groups excluding carboxylic acids is 1. The summed E-state index contributed by atoms with van der Waals surface area (Å²) < 4.78 is 5.15. The maximum atomic E-state index is 11.5. The zero-order valence-corrected chi connectivity index (χ0v) is 18.4. The highest BCUT2D eigenvalue weighted by Crippen LogP contribution is 2.13. The van der Waals surface area contributed by atoms with Crippen LogP contribution in [0.2, 0.25) is 0 Å². The Morgan fingerprint density at radius 1 is 0.731 bits per heavy atom. The highest BCUT2D eigenvalue weighted by Gasteiger charge is 2.05. The summed E-state index contributed by atoms with van der Waals surface area (Å²) in [6.45, 7) is 4.65. The average molecular weight is 392 g/mol. The number of rotatable bonds is 19. The van der Waals surface area contributed by atoms with Crippen LogP contribution in [-0.4, -0.2) is 18.6 Å². The molecule has 0 bridgehead atoms. The Hall–Kier alpha value is -0.280. The van der Waals surface area contributed by atoms with Gasteiger partial charge in [0.25, 0.3) is 0 Å². The minimum absolute atomic E-state index is 0. The molecule has 0 aliphatic heterocycles. The van der Waals surface area contributed by atoms with Crippen molar-refractivity contribution in [3.8, 4) is 0 Å². The first-order valence-corrected chi connectivity index (χ1v) is 11.1. The summed E-state index contributed by atoms with van der Waals surface area (Å²) in [4.78, 5) is 11.5. The summed E-state index contributed by atoms with van der Waals surface area (Å²) in [6, 6.07) is -0.00925. The lowest BCUT2D eigenvalue weighted by Gasteiger charge is -2.09. The molecule has 0 saturated heterocycles. The molecule has 0 radical (unpaired) electrons. The average Bonchev–Trinajstić information content (AvgIpc) is 2.62. The molecule has 0 fully saturated rings. The molecule has 0 aromatic heterocycles. The lowest BCUT2D eigenvalue weighted by molar-refractivity contribution is -0.144. The molecule has 0 aliphatic rings. The summed E-state index contributed by atoms with van der Waals surface area (Å²) in [6.07, 6.45) is 21.5. The third-order valence-corrected chi connectivity index (χ3v) is 4.97. The Morgan fingerprint density at radius 3 is 1.50 bits per heavy atom. The Morgan fingerprint density at radius 2 is 1.12 bits per heavy atom. The zero-order chi connectivity index (χ0) is 18.6. The van der Waals surface area contributed by atoms with Crippen molar-refractivity contribution in [1.82, 2.24) is 0 Å². The standard InChI is InChI=1S/C22H45NO2.ClH/c1-3-5-6-7-8-9-10-11-12-13-14-15-16-17-18-19-22(24)25-20-21(23)4-2;/h21H,3-20,23H2,1-2H3;1H. The third-order valence-electron chi connectivity index (χ3n) is 4.97. The number of nitrogens with two attached hydrogens (primary N) is 1. The van der Waals surface area contributed by atoms with Crippen molar-refractivity contribution in [2.24, 2.45) is 5.73 Å². The third kappa shape index (κ3) is 21.8. The normalized spacial score (nSPS) is 11.8. The van der Waals surface area contributed by atoms with Crippen LogP contribution in [0.1, 0.15) is 123 Å². The number of unbranched alkanes of at least 4 members (excludes halogenated alkanes) is 14. The van der Waals surface area contributed by atoms with Crippen LogP contribution in [0, 0.1) is 0 Å². The zero-order valence-electron chi connectivity index (χ0n) is 17.6. The van der Waals surface area contributed by atoms with E-state index < -0.39 is 0 Å². The highest BCUT2D eigenvalue weighted by atomic mass is 35.5. The van der Waals surface area contributed by atoms with E-state index in [1.54, 1.807) is 0 Å². The molecular formula is C22H46ClNO2. The predicted octanol–water partition coefficient (Wildman–Crippen LogP) is 6.95. The summed E-state index contributed by atoms with van der Waals surface area (Å²) in [5.74, 6) is -0.0846. The van der Waals surface area contributed by atoms with Gasteiger partial charge in [0, 0.05) is 12.5 Å². The van der Waals surface area contributed by atoms with E-state index in [9.17, 15) is 4.79 Å². The van der Waals surface area contributed by atoms with Crippen LogP contribution < -0.4 is 5.73 Å². The number of ether oxygens (including phenoxy) is 1. The second kappa shape index (κ2) is 22.8. The fourth-order valence-corrected chi connectivity index (χ4v) is 3.03. The Labute approximate surface area is 169 Å². The largest absolute Gasteiger partial charge is 0.464 e. The van der Waals surface area contributed by atoms with Crippen LogP contribution >= 0.6 is 12.4 Å². The lowest BCUT2D eigenvalue weighted by Crippen LogP contribution is -2.26. The number of hydrogen-bond acceptors (Lipinski definition) is 3. The van der Waals surface area contributed by atoms with E-state index in [1.165, 1.54) is 83.5 Å². The van der Waals surface area contributed by atoms with E-state index in [0.717, 1.165) is 19.3 Å². The molecule has 0 heterocycles. The van der Waals surface area contributed by atoms with Gasteiger partial charge in [-0.3, -0.25) is 4.79 Å². The Balaban J connectivity index is 0. The maximum Gasteiger partial charge on any atom is 0.305 e. The molecule has 26 heavy (non-hydrogen) atoms. The molecular weight excluding hydrogens is 346 g/mol. The molecule has 1 atom stereocenters. The topological polar surface area (TPSA) is 52.3 Å². The molecule has 0 spiro atoms. The highest BCUT2D eigenvalue weighted by molar-refractivity contribution is 5.85. The summed E-state index contributed by atoms with van der Waals surface area (Å²) in [7, 11) is 0. The van der Waals surface area contributed by atoms with Crippen LogP contribution in [0.3, 0.4) is 0 Å². The minimum atomic E-state index is -0.0846. The molecule has 4 heteroatoms. The fourth-order valence-electron chi connectivity index (χ4n) is 3.03. The van der Waals surface area contributed by atoms with Crippen LogP contribution in [0.15, 0.2) is 0 Å². The van der Waals surface area contributed by atoms with Gasteiger partial charge in [0.1, 0.15) is 6.61 Å². The van der Waals surface area contributed by atoms with Crippen LogP contribution in [0.5, 0.6) is 0 Å². The van der Waals surface area contributed by atoms with Gasteiger partial charge in [-0.25, -0.2) is 0 Å². The molecule has 3 nitrogen and oxygen atoms in total. The van der Waals surface area contributed by atoms with Gasteiger partial charge in [0.15, 0.2) is 0 Å². The summed E-state index contributed by atoms with van der Waals surface area (Å²) >= 11 is 0. The van der Waals surface area contributed by atoms with Crippen molar-refractivity contribution in [1.29, 1.82) is 0 Å². The molecule has 2 N–H and O–H groups in total. The number of hydrogen-bond donors (Lipinski definition) is 1. The van der Waals surface area contributed by atoms with Gasteiger partial charge in [-0.05, 0) is 12.8 Å². The van der Waals surface area contributed by atoms with E-state index >= 15 is 0 Å². The Bertz CT molecular complexity index is 287. The fraction of sp³-hybridized carbons (Fsp3) is 0.955. The number of esters is 1. The predicted molar refractivity (Wildman–Crippen MR) is 116 cm³/mol. The molecule has 0 amide bonds. The van der Waals surface area contributed by atoms with Crippen molar-refractivity contribution < 1.29 is 9.53 Å². The first-order chi connectivity index (χ1) is 12.2. The monoisotopic (exact) mass is 391 g/mol. The van der Waals surface area contributed by atoms with Gasteiger partial charge < -0.3 is 10.5 Å². The van der Waals surface area contributed by atoms with Crippen molar-refractivity contribution in [2.45, 2.75) is 129 Å². The van der Waals surface area contributed by atoms with Crippen molar-refractivity contribution in [2.75, 3.05) is 6.61 Å². The summed E-state index contributed by atoms with van der Waals surface area (Å²) in [5.41, 5.74) is 5.73. The van der Waals surface area contributed by atoms with Crippen LogP contribution in [0.25, 0.3) is 0 Å². The number of carbonyl (C=O) groups is 1. The first-order valence-electron chi connectivity index (χ1n) is 11.1. The quantitative estimate of drug-likeness (QED) is 0.191. The molecule has 0 saturated carbocycles.